The molecule has 1 saturated heterocycles. The molecule has 1 fully saturated rings. The molecule has 162 valence electrons. The number of urea groups is 1. The number of aromatic nitrogens is 1. The second-order valence-corrected chi connectivity index (χ2v) is 9.25. The van der Waals surface area contributed by atoms with E-state index in [-0.39, 0.29) is 21.3 Å². The SMILES string of the molecule is Cc1cc(/C=C2\C(=O)NC(=O)N(c3ccc(Cl)c(Cl)c3)C2=O)c(C)n1-c1ccc(I)cc1. The summed E-state index contributed by atoms with van der Waals surface area (Å²) >= 11 is 14.2. The standard InChI is InChI=1S/C23H16Cl2IN3O3/c1-12-9-14(13(2)28(12)16-5-3-15(26)4-6-16)10-18-21(30)27-23(32)29(22(18)31)17-7-8-19(24)20(25)11-17/h3-11H,1-2H3,(H,27,30,32)/b18-10+. The van der Waals surface area contributed by atoms with Crippen LogP contribution in [0.25, 0.3) is 11.8 Å². The molecule has 0 aliphatic carbocycles. The number of halogens is 3. The third-order valence-corrected chi connectivity index (χ3v) is 6.58. The first-order chi connectivity index (χ1) is 15.2. The maximum atomic E-state index is 13.2. The Kier molecular flexibility index (Phi) is 6.15. The fourth-order valence-corrected chi connectivity index (χ4v) is 4.24. The summed E-state index contributed by atoms with van der Waals surface area (Å²) in [4.78, 5) is 39.0. The van der Waals surface area contributed by atoms with Crippen LogP contribution in [0.5, 0.6) is 0 Å². The molecule has 2 aromatic carbocycles. The van der Waals surface area contributed by atoms with E-state index in [1.165, 1.54) is 24.3 Å². The summed E-state index contributed by atoms with van der Waals surface area (Å²) in [6.45, 7) is 3.85. The van der Waals surface area contributed by atoms with Gasteiger partial charge in [0.25, 0.3) is 11.8 Å². The van der Waals surface area contributed by atoms with Crippen LogP contribution < -0.4 is 10.2 Å². The molecule has 0 atom stereocenters. The van der Waals surface area contributed by atoms with E-state index in [9.17, 15) is 14.4 Å². The van der Waals surface area contributed by atoms with Crippen molar-refractivity contribution in [2.45, 2.75) is 13.8 Å². The molecule has 0 spiro atoms. The first-order valence-corrected chi connectivity index (χ1v) is 11.3. The molecule has 3 aromatic rings. The van der Waals surface area contributed by atoms with Gasteiger partial charge in [0.05, 0.1) is 15.7 Å². The highest BCUT2D eigenvalue weighted by molar-refractivity contribution is 14.1. The Morgan fingerprint density at radius 1 is 0.906 bits per heavy atom. The number of nitrogens with zero attached hydrogens (tertiary/aromatic N) is 2. The summed E-state index contributed by atoms with van der Waals surface area (Å²) in [5.74, 6) is -1.49. The molecule has 1 aliphatic heterocycles. The highest BCUT2D eigenvalue weighted by Crippen LogP contribution is 2.30. The Morgan fingerprint density at radius 2 is 1.56 bits per heavy atom. The number of aryl methyl sites for hydroxylation is 1. The van der Waals surface area contributed by atoms with Crippen molar-refractivity contribution < 1.29 is 14.4 Å². The van der Waals surface area contributed by atoms with Gasteiger partial charge in [-0.2, -0.15) is 0 Å². The van der Waals surface area contributed by atoms with Crippen molar-refractivity contribution in [3.05, 3.63) is 84.7 Å². The molecular formula is C23H16Cl2IN3O3. The average molecular weight is 580 g/mol. The van der Waals surface area contributed by atoms with Gasteiger partial charge in [0.1, 0.15) is 5.57 Å². The highest BCUT2D eigenvalue weighted by Gasteiger charge is 2.37. The fraction of sp³-hybridized carbons (Fsp3) is 0.0870. The zero-order valence-corrected chi connectivity index (χ0v) is 20.6. The van der Waals surface area contributed by atoms with E-state index in [0.29, 0.717) is 5.56 Å². The Labute approximate surface area is 207 Å². The lowest BCUT2D eigenvalue weighted by molar-refractivity contribution is -0.122. The molecule has 6 nitrogen and oxygen atoms in total. The van der Waals surface area contributed by atoms with Crippen molar-refractivity contribution in [2.24, 2.45) is 0 Å². The van der Waals surface area contributed by atoms with Crippen LogP contribution in [-0.4, -0.2) is 22.4 Å². The predicted octanol–water partition coefficient (Wildman–Crippen LogP) is 5.67. The molecule has 9 heteroatoms. The number of hydrogen-bond donors (Lipinski definition) is 1. The minimum Gasteiger partial charge on any atom is -0.318 e. The normalized spacial score (nSPS) is 15.5. The van der Waals surface area contributed by atoms with Gasteiger partial charge in [-0.3, -0.25) is 14.9 Å². The molecular weight excluding hydrogens is 564 g/mol. The van der Waals surface area contributed by atoms with Gasteiger partial charge in [-0.25, -0.2) is 9.69 Å². The number of hydrogen-bond acceptors (Lipinski definition) is 3. The topological polar surface area (TPSA) is 71.4 Å². The van der Waals surface area contributed by atoms with Crippen LogP contribution in [0.3, 0.4) is 0 Å². The Balaban J connectivity index is 1.76. The first-order valence-electron chi connectivity index (χ1n) is 9.49. The summed E-state index contributed by atoms with van der Waals surface area (Å²) in [5, 5.41) is 2.69. The summed E-state index contributed by atoms with van der Waals surface area (Å²) in [7, 11) is 0. The number of rotatable bonds is 3. The van der Waals surface area contributed by atoms with Crippen molar-refractivity contribution in [2.75, 3.05) is 4.90 Å². The zero-order valence-electron chi connectivity index (χ0n) is 16.9. The van der Waals surface area contributed by atoms with Gasteiger partial charge in [0.15, 0.2) is 0 Å². The van der Waals surface area contributed by atoms with Crippen LogP contribution in [0.15, 0.2) is 54.1 Å². The second kappa shape index (κ2) is 8.73. The largest absolute Gasteiger partial charge is 0.335 e. The van der Waals surface area contributed by atoms with Gasteiger partial charge in [-0.15, -0.1) is 0 Å². The third kappa shape index (κ3) is 4.07. The van der Waals surface area contributed by atoms with E-state index in [0.717, 1.165) is 25.5 Å². The minimum atomic E-state index is -0.847. The van der Waals surface area contributed by atoms with Gasteiger partial charge in [0, 0.05) is 20.6 Å². The quantitative estimate of drug-likeness (QED) is 0.247. The lowest BCUT2D eigenvalue weighted by Gasteiger charge is -2.26. The summed E-state index contributed by atoms with van der Waals surface area (Å²) in [6.07, 6.45) is 1.50. The van der Waals surface area contributed by atoms with Crippen molar-refractivity contribution in [3.8, 4) is 5.69 Å². The van der Waals surface area contributed by atoms with Gasteiger partial charge >= 0.3 is 6.03 Å². The predicted molar refractivity (Wildman–Crippen MR) is 133 cm³/mol. The van der Waals surface area contributed by atoms with E-state index in [2.05, 4.69) is 27.9 Å². The number of carbonyl (C=O) groups excluding carboxylic acids is 3. The van der Waals surface area contributed by atoms with E-state index in [1.807, 2.05) is 48.7 Å². The molecule has 32 heavy (non-hydrogen) atoms. The summed E-state index contributed by atoms with van der Waals surface area (Å²) in [6, 6.07) is 13.4. The van der Waals surface area contributed by atoms with Crippen molar-refractivity contribution in [3.63, 3.8) is 0 Å². The van der Waals surface area contributed by atoms with Crippen molar-refractivity contribution in [1.29, 1.82) is 0 Å². The second-order valence-electron chi connectivity index (χ2n) is 7.19. The molecule has 0 bridgehead atoms. The molecule has 1 aromatic heterocycles. The maximum Gasteiger partial charge on any atom is 0.335 e. The lowest BCUT2D eigenvalue weighted by Crippen LogP contribution is -2.54. The number of imide groups is 2. The summed E-state index contributed by atoms with van der Waals surface area (Å²) < 4.78 is 3.16. The zero-order chi connectivity index (χ0) is 23.2. The van der Waals surface area contributed by atoms with Gasteiger partial charge < -0.3 is 4.57 Å². The van der Waals surface area contributed by atoms with Crippen LogP contribution in [0, 0.1) is 17.4 Å². The number of benzene rings is 2. The van der Waals surface area contributed by atoms with Gasteiger partial charge in [-0.1, -0.05) is 23.2 Å². The van der Waals surface area contributed by atoms with E-state index in [1.54, 1.807) is 0 Å². The molecule has 1 aliphatic rings. The molecule has 0 radical (unpaired) electrons. The number of anilines is 1. The fourth-order valence-electron chi connectivity index (χ4n) is 3.59. The third-order valence-electron chi connectivity index (χ3n) is 5.12. The molecule has 0 saturated carbocycles. The van der Waals surface area contributed by atoms with Crippen LogP contribution in [0.4, 0.5) is 10.5 Å². The Hall–Kier alpha value is -2.62. The van der Waals surface area contributed by atoms with Crippen molar-refractivity contribution in [1.82, 2.24) is 9.88 Å². The van der Waals surface area contributed by atoms with Crippen LogP contribution in [0.1, 0.15) is 17.0 Å². The van der Waals surface area contributed by atoms with Gasteiger partial charge in [0.2, 0.25) is 0 Å². The van der Waals surface area contributed by atoms with Crippen LogP contribution in [-0.2, 0) is 9.59 Å². The first kappa shape index (κ1) is 22.6. The molecule has 0 unspecified atom stereocenters. The molecule has 1 N–H and O–H groups in total. The molecule has 4 rings (SSSR count). The maximum absolute atomic E-state index is 13.2. The number of nitrogens with one attached hydrogen (secondary N) is 1. The van der Waals surface area contributed by atoms with E-state index < -0.39 is 17.8 Å². The smallest absolute Gasteiger partial charge is 0.318 e. The average Bonchev–Trinajstić information content (AvgIpc) is 3.01. The highest BCUT2D eigenvalue weighted by atomic mass is 127. The minimum absolute atomic E-state index is 0.154. The van der Waals surface area contributed by atoms with Crippen molar-refractivity contribution >= 4 is 75.4 Å². The number of barbiturate groups is 1. The monoisotopic (exact) mass is 579 g/mol. The van der Waals surface area contributed by atoms with Crippen LogP contribution >= 0.6 is 45.8 Å². The molecule has 2 heterocycles. The van der Waals surface area contributed by atoms with E-state index >= 15 is 0 Å². The van der Waals surface area contributed by atoms with E-state index in [4.69, 9.17) is 23.2 Å². The number of carbonyl (C=O) groups is 3. The van der Waals surface area contributed by atoms with Gasteiger partial charge in [-0.05, 0) is 96.6 Å². The Morgan fingerprint density at radius 3 is 2.22 bits per heavy atom. The molecule has 4 amide bonds. The van der Waals surface area contributed by atoms with Crippen LogP contribution in [0.2, 0.25) is 10.0 Å². The summed E-state index contributed by atoms with van der Waals surface area (Å²) in [5.41, 5.74) is 3.52. The Bertz CT molecular complexity index is 1310. The number of amides is 4. The lowest BCUT2D eigenvalue weighted by atomic mass is 10.1.